The van der Waals surface area contributed by atoms with Gasteiger partial charge in [0.1, 0.15) is 0 Å². The van der Waals surface area contributed by atoms with Gasteiger partial charge in [0.2, 0.25) is 0 Å². The van der Waals surface area contributed by atoms with Crippen molar-refractivity contribution in [3.63, 3.8) is 0 Å². The Kier molecular flexibility index (Phi) is 10.8. The van der Waals surface area contributed by atoms with Crippen LogP contribution in [0.4, 0.5) is 0 Å². The van der Waals surface area contributed by atoms with E-state index in [0.717, 1.165) is 26.2 Å². The SMILES string of the molecule is CCNN.c1ccc(CNCCOCc2ccccc2)cc1. The quantitative estimate of drug-likeness (QED) is 0.398. The normalized spacial score (nSPS) is 9.91. The van der Waals surface area contributed by atoms with E-state index in [9.17, 15) is 0 Å². The molecule has 4 N–H and O–H groups in total. The molecule has 2 aromatic carbocycles. The fraction of sp³-hybridized carbons (Fsp3) is 0.333. The second-order valence-corrected chi connectivity index (χ2v) is 4.76. The van der Waals surface area contributed by atoms with Crippen LogP contribution in [0, 0.1) is 0 Å². The predicted octanol–water partition coefficient (Wildman–Crippen LogP) is 2.46. The van der Waals surface area contributed by atoms with Crippen LogP contribution in [0.2, 0.25) is 0 Å². The number of hydrogen-bond acceptors (Lipinski definition) is 4. The van der Waals surface area contributed by atoms with Crippen LogP contribution in [0.15, 0.2) is 60.7 Å². The molecule has 0 aliphatic carbocycles. The lowest BCUT2D eigenvalue weighted by Gasteiger charge is -2.06. The van der Waals surface area contributed by atoms with Crippen molar-refractivity contribution in [2.24, 2.45) is 5.84 Å². The van der Waals surface area contributed by atoms with Crippen LogP contribution in [0.3, 0.4) is 0 Å². The van der Waals surface area contributed by atoms with E-state index in [-0.39, 0.29) is 0 Å². The largest absolute Gasteiger partial charge is 0.375 e. The smallest absolute Gasteiger partial charge is 0.0717 e. The minimum absolute atomic E-state index is 0.688. The number of nitrogens with one attached hydrogen (secondary N) is 2. The summed E-state index contributed by atoms with van der Waals surface area (Å²) >= 11 is 0. The van der Waals surface area contributed by atoms with Gasteiger partial charge in [0.05, 0.1) is 13.2 Å². The van der Waals surface area contributed by atoms with E-state index in [1.54, 1.807) is 0 Å². The molecule has 4 nitrogen and oxygen atoms in total. The molecule has 2 rings (SSSR count). The van der Waals surface area contributed by atoms with Crippen molar-refractivity contribution < 1.29 is 4.74 Å². The maximum Gasteiger partial charge on any atom is 0.0717 e. The van der Waals surface area contributed by atoms with E-state index in [1.165, 1.54) is 11.1 Å². The first kappa shape index (κ1) is 18.3. The molecule has 0 saturated heterocycles. The van der Waals surface area contributed by atoms with Crippen LogP contribution in [-0.4, -0.2) is 19.7 Å². The molecular weight excluding hydrogens is 274 g/mol. The molecule has 0 spiro atoms. The van der Waals surface area contributed by atoms with Gasteiger partial charge in [-0.3, -0.25) is 11.3 Å². The van der Waals surface area contributed by atoms with Crippen LogP contribution < -0.4 is 16.6 Å². The Morgan fingerprint density at radius 1 is 0.909 bits per heavy atom. The standard InChI is InChI=1S/C16H19NO.C2H8N2/c1-3-7-15(8-4-1)13-17-11-12-18-14-16-9-5-2-6-10-16;1-2-4-3/h1-10,17H,11-14H2;4H,2-3H2,1H3. The van der Waals surface area contributed by atoms with E-state index in [2.05, 4.69) is 47.1 Å². The fourth-order valence-electron chi connectivity index (χ4n) is 1.74. The molecule has 0 saturated carbocycles. The van der Waals surface area contributed by atoms with Crippen molar-refractivity contribution in [1.82, 2.24) is 10.7 Å². The minimum Gasteiger partial charge on any atom is -0.375 e. The lowest BCUT2D eigenvalue weighted by Crippen LogP contribution is -2.20. The zero-order valence-corrected chi connectivity index (χ0v) is 13.3. The van der Waals surface area contributed by atoms with Crippen LogP contribution >= 0.6 is 0 Å². The zero-order chi connectivity index (χ0) is 15.9. The summed E-state index contributed by atoms with van der Waals surface area (Å²) in [6, 6.07) is 20.6. The average molecular weight is 301 g/mol. The van der Waals surface area contributed by atoms with Crippen molar-refractivity contribution in [2.75, 3.05) is 19.7 Å². The molecule has 22 heavy (non-hydrogen) atoms. The highest BCUT2D eigenvalue weighted by Gasteiger charge is 1.93. The van der Waals surface area contributed by atoms with Gasteiger partial charge in [0, 0.05) is 19.6 Å². The van der Waals surface area contributed by atoms with Crippen molar-refractivity contribution in [1.29, 1.82) is 0 Å². The van der Waals surface area contributed by atoms with E-state index in [0.29, 0.717) is 6.61 Å². The number of benzene rings is 2. The number of ether oxygens (including phenoxy) is 1. The van der Waals surface area contributed by atoms with E-state index < -0.39 is 0 Å². The number of nitrogens with two attached hydrogens (primary N) is 1. The van der Waals surface area contributed by atoms with Gasteiger partial charge in [0.15, 0.2) is 0 Å². The lowest BCUT2D eigenvalue weighted by atomic mass is 10.2. The van der Waals surface area contributed by atoms with Gasteiger partial charge in [-0.1, -0.05) is 67.6 Å². The summed E-state index contributed by atoms with van der Waals surface area (Å²) in [5, 5.41) is 3.36. The maximum absolute atomic E-state index is 5.60. The highest BCUT2D eigenvalue weighted by atomic mass is 16.5. The monoisotopic (exact) mass is 301 g/mol. The summed E-state index contributed by atoms with van der Waals surface area (Å²) in [4.78, 5) is 0. The van der Waals surface area contributed by atoms with Gasteiger partial charge in [-0.25, -0.2) is 0 Å². The Morgan fingerprint density at radius 3 is 2.00 bits per heavy atom. The van der Waals surface area contributed by atoms with Crippen molar-refractivity contribution in [3.8, 4) is 0 Å². The molecule has 0 fully saturated rings. The zero-order valence-electron chi connectivity index (χ0n) is 13.3. The number of hydrogen-bond donors (Lipinski definition) is 3. The minimum atomic E-state index is 0.688. The second-order valence-electron chi connectivity index (χ2n) is 4.76. The molecule has 2 aromatic rings. The van der Waals surface area contributed by atoms with Crippen molar-refractivity contribution >= 4 is 0 Å². The summed E-state index contributed by atoms with van der Waals surface area (Å²) in [6.45, 7) is 5.99. The van der Waals surface area contributed by atoms with Crippen LogP contribution in [0.5, 0.6) is 0 Å². The second kappa shape index (κ2) is 13.0. The Labute approximate surface area is 133 Å². The topological polar surface area (TPSA) is 59.3 Å². The summed E-state index contributed by atoms with van der Waals surface area (Å²) in [5.41, 5.74) is 4.96. The number of rotatable bonds is 8. The Morgan fingerprint density at radius 2 is 1.45 bits per heavy atom. The van der Waals surface area contributed by atoms with Gasteiger partial charge in [-0.2, -0.15) is 0 Å². The molecule has 4 heteroatoms. The molecular formula is C18H27N3O. The van der Waals surface area contributed by atoms with Gasteiger partial charge in [-0.05, 0) is 11.1 Å². The van der Waals surface area contributed by atoms with Gasteiger partial charge < -0.3 is 10.1 Å². The average Bonchev–Trinajstić information content (AvgIpc) is 2.60. The van der Waals surface area contributed by atoms with Crippen molar-refractivity contribution in [3.05, 3.63) is 71.8 Å². The molecule has 0 radical (unpaired) electrons. The fourth-order valence-corrected chi connectivity index (χ4v) is 1.74. The molecule has 0 bridgehead atoms. The third-order valence-corrected chi connectivity index (χ3v) is 2.91. The molecule has 120 valence electrons. The highest BCUT2D eigenvalue weighted by molar-refractivity contribution is 5.14. The van der Waals surface area contributed by atoms with E-state index in [1.807, 2.05) is 31.2 Å². The van der Waals surface area contributed by atoms with E-state index in [4.69, 9.17) is 10.6 Å². The first-order valence-corrected chi connectivity index (χ1v) is 7.66. The molecule has 0 unspecified atom stereocenters. The molecule has 0 aliphatic heterocycles. The summed E-state index contributed by atoms with van der Waals surface area (Å²) < 4.78 is 5.60. The number of hydrazine groups is 1. The van der Waals surface area contributed by atoms with Crippen molar-refractivity contribution in [2.45, 2.75) is 20.1 Å². The molecule has 0 aliphatic rings. The lowest BCUT2D eigenvalue weighted by molar-refractivity contribution is 0.122. The van der Waals surface area contributed by atoms with Gasteiger partial charge in [0.25, 0.3) is 0 Å². The maximum atomic E-state index is 5.60. The summed E-state index contributed by atoms with van der Waals surface area (Å²) in [6.07, 6.45) is 0. The molecule has 0 heterocycles. The molecule has 0 atom stereocenters. The van der Waals surface area contributed by atoms with Crippen LogP contribution in [-0.2, 0) is 17.9 Å². The Bertz CT molecular complexity index is 417. The molecule has 0 amide bonds. The Hall–Kier alpha value is -1.72. The highest BCUT2D eigenvalue weighted by Crippen LogP contribution is 2.00. The van der Waals surface area contributed by atoms with Gasteiger partial charge >= 0.3 is 0 Å². The van der Waals surface area contributed by atoms with Crippen LogP contribution in [0.25, 0.3) is 0 Å². The van der Waals surface area contributed by atoms with Gasteiger partial charge in [-0.15, -0.1) is 0 Å². The van der Waals surface area contributed by atoms with E-state index >= 15 is 0 Å². The first-order chi connectivity index (χ1) is 10.9. The van der Waals surface area contributed by atoms with Crippen LogP contribution in [0.1, 0.15) is 18.1 Å². The molecule has 0 aromatic heterocycles. The first-order valence-electron chi connectivity index (χ1n) is 7.66. The third-order valence-electron chi connectivity index (χ3n) is 2.91. The predicted molar refractivity (Wildman–Crippen MR) is 92.1 cm³/mol. The Balaban J connectivity index is 0.000000541. The summed E-state index contributed by atoms with van der Waals surface area (Å²) in [7, 11) is 0. The summed E-state index contributed by atoms with van der Waals surface area (Å²) in [5.74, 6) is 4.78. The third kappa shape index (κ3) is 9.26.